The van der Waals surface area contributed by atoms with Crippen LogP contribution in [0.3, 0.4) is 0 Å². The van der Waals surface area contributed by atoms with Crippen molar-refractivity contribution in [3.8, 4) is 11.1 Å². The Balaban J connectivity index is 1.39. The largest absolute Gasteiger partial charge is 0.481 e. The van der Waals surface area contributed by atoms with Gasteiger partial charge in [0.15, 0.2) is 0 Å². The molecule has 2 aliphatic rings. The van der Waals surface area contributed by atoms with Gasteiger partial charge >= 0.3 is 12.1 Å². The zero-order valence-electron chi connectivity index (χ0n) is 19.5. The number of carboxylic acids is 1. The third-order valence-corrected chi connectivity index (χ3v) is 6.96. The number of carbonyl (C=O) groups is 3. The average Bonchev–Trinajstić information content (AvgIpc) is 3.43. The Morgan fingerprint density at radius 2 is 1.68 bits per heavy atom. The molecule has 1 saturated carbocycles. The molecular formula is C27H32N2O5. The fraction of sp³-hybridized carbons (Fsp3) is 0.444. The van der Waals surface area contributed by atoms with E-state index in [0.717, 1.165) is 41.5 Å². The number of alkyl carbamates (subject to hydrolysis) is 1. The lowest BCUT2D eigenvalue weighted by Crippen LogP contribution is -2.51. The molecule has 0 spiro atoms. The van der Waals surface area contributed by atoms with Gasteiger partial charge in [0.25, 0.3) is 0 Å². The van der Waals surface area contributed by atoms with Crippen LogP contribution in [0.5, 0.6) is 0 Å². The Morgan fingerprint density at radius 3 is 2.29 bits per heavy atom. The molecule has 0 heterocycles. The summed E-state index contributed by atoms with van der Waals surface area (Å²) >= 11 is 0. The molecule has 0 bridgehead atoms. The van der Waals surface area contributed by atoms with Crippen molar-refractivity contribution in [1.82, 2.24) is 10.6 Å². The molecule has 1 fully saturated rings. The van der Waals surface area contributed by atoms with E-state index in [4.69, 9.17) is 4.74 Å². The minimum absolute atomic E-state index is 0.0594. The zero-order valence-corrected chi connectivity index (χ0v) is 19.5. The van der Waals surface area contributed by atoms with Crippen molar-refractivity contribution in [3.63, 3.8) is 0 Å². The quantitative estimate of drug-likeness (QED) is 0.508. The number of hydrogen-bond acceptors (Lipinski definition) is 4. The summed E-state index contributed by atoms with van der Waals surface area (Å²) in [4.78, 5) is 37.1. The van der Waals surface area contributed by atoms with Gasteiger partial charge in [-0.25, -0.2) is 4.79 Å². The summed E-state index contributed by atoms with van der Waals surface area (Å²) in [7, 11) is 0. The summed E-state index contributed by atoms with van der Waals surface area (Å²) in [6.07, 6.45) is 3.41. The van der Waals surface area contributed by atoms with Crippen molar-refractivity contribution in [3.05, 3.63) is 59.7 Å². The minimum atomic E-state index is -0.891. The van der Waals surface area contributed by atoms with Gasteiger partial charge in [-0.05, 0) is 41.5 Å². The molecular weight excluding hydrogens is 432 g/mol. The summed E-state index contributed by atoms with van der Waals surface area (Å²) < 4.78 is 5.61. The van der Waals surface area contributed by atoms with Crippen LogP contribution in [0.25, 0.3) is 11.1 Å². The van der Waals surface area contributed by atoms with Gasteiger partial charge in [-0.3, -0.25) is 9.59 Å². The SMILES string of the molecule is CCCC[C@H](NC(=O)OCC1c2ccccc2-c2ccccc21)C(=O)N[C@@H]1CCC[C@@H]1C(=O)O. The number of amides is 2. The first-order valence-electron chi connectivity index (χ1n) is 12.1. The molecule has 0 unspecified atom stereocenters. The lowest BCUT2D eigenvalue weighted by molar-refractivity contribution is -0.142. The number of carbonyl (C=O) groups excluding carboxylic acids is 2. The molecule has 7 nitrogen and oxygen atoms in total. The number of aliphatic carboxylic acids is 1. The van der Waals surface area contributed by atoms with Gasteiger partial charge < -0.3 is 20.5 Å². The lowest BCUT2D eigenvalue weighted by atomic mass is 9.98. The van der Waals surface area contributed by atoms with Gasteiger partial charge in [0, 0.05) is 12.0 Å². The molecule has 2 aromatic rings. The average molecular weight is 465 g/mol. The van der Waals surface area contributed by atoms with Crippen molar-refractivity contribution in [1.29, 1.82) is 0 Å². The Labute approximate surface area is 199 Å². The summed E-state index contributed by atoms with van der Waals surface area (Å²) in [5.74, 6) is -1.88. The number of unbranched alkanes of at least 4 members (excludes halogenated alkanes) is 1. The van der Waals surface area contributed by atoms with E-state index in [9.17, 15) is 19.5 Å². The number of hydrogen-bond donors (Lipinski definition) is 3. The maximum atomic E-state index is 12.9. The summed E-state index contributed by atoms with van der Waals surface area (Å²) in [6.45, 7) is 2.19. The number of ether oxygens (including phenoxy) is 1. The first-order chi connectivity index (χ1) is 16.5. The highest BCUT2D eigenvalue weighted by Crippen LogP contribution is 2.44. The highest BCUT2D eigenvalue weighted by molar-refractivity contribution is 5.86. The van der Waals surface area contributed by atoms with Crippen molar-refractivity contribution in [2.24, 2.45) is 5.92 Å². The number of rotatable bonds is 9. The van der Waals surface area contributed by atoms with Crippen molar-refractivity contribution in [2.45, 2.75) is 63.5 Å². The molecule has 2 amide bonds. The van der Waals surface area contributed by atoms with Crippen LogP contribution in [-0.2, 0) is 14.3 Å². The molecule has 180 valence electrons. The Hall–Kier alpha value is -3.35. The maximum Gasteiger partial charge on any atom is 0.407 e. The van der Waals surface area contributed by atoms with Crippen LogP contribution in [0, 0.1) is 5.92 Å². The number of carboxylic acid groups (broad SMARTS) is 1. The van der Waals surface area contributed by atoms with E-state index in [1.807, 2.05) is 31.2 Å². The molecule has 4 rings (SSSR count). The van der Waals surface area contributed by atoms with E-state index < -0.39 is 30.1 Å². The Morgan fingerprint density at radius 1 is 1.03 bits per heavy atom. The monoisotopic (exact) mass is 464 g/mol. The van der Waals surface area contributed by atoms with Gasteiger partial charge in [0.05, 0.1) is 5.92 Å². The summed E-state index contributed by atoms with van der Waals surface area (Å²) in [6, 6.07) is 15.1. The van der Waals surface area contributed by atoms with Crippen LogP contribution in [-0.4, -0.2) is 41.8 Å². The predicted molar refractivity (Wildman–Crippen MR) is 128 cm³/mol. The smallest absolute Gasteiger partial charge is 0.407 e. The second-order valence-corrected chi connectivity index (χ2v) is 9.16. The maximum absolute atomic E-state index is 12.9. The van der Waals surface area contributed by atoms with Gasteiger partial charge in [-0.15, -0.1) is 0 Å². The molecule has 3 N–H and O–H groups in total. The normalized spacial score (nSPS) is 19.7. The van der Waals surface area contributed by atoms with Crippen LogP contribution in [0.2, 0.25) is 0 Å². The zero-order chi connectivity index (χ0) is 24.1. The van der Waals surface area contributed by atoms with Crippen LogP contribution in [0.15, 0.2) is 48.5 Å². The second kappa shape index (κ2) is 10.7. The number of fused-ring (bicyclic) bond motifs is 3. The van der Waals surface area contributed by atoms with E-state index >= 15 is 0 Å². The first kappa shape index (κ1) is 23.8. The fourth-order valence-corrected chi connectivity index (χ4v) is 5.17. The van der Waals surface area contributed by atoms with E-state index in [2.05, 4.69) is 34.9 Å². The molecule has 2 aromatic carbocycles. The standard InChI is InChI=1S/C27H32N2O5/c1-2-3-14-24(25(30)28-23-15-8-13-21(23)26(31)32)29-27(33)34-16-22-19-11-6-4-9-17(19)18-10-5-7-12-20(18)22/h4-7,9-12,21-24H,2-3,8,13-16H2,1H3,(H,28,30)(H,29,33)(H,31,32)/t21-,23+,24-/m0/s1. The van der Waals surface area contributed by atoms with Gasteiger partial charge in [-0.2, -0.15) is 0 Å². The second-order valence-electron chi connectivity index (χ2n) is 9.16. The number of nitrogens with one attached hydrogen (secondary N) is 2. The van der Waals surface area contributed by atoms with Gasteiger partial charge in [0.1, 0.15) is 12.6 Å². The third kappa shape index (κ3) is 5.08. The van der Waals surface area contributed by atoms with E-state index in [-0.39, 0.29) is 18.4 Å². The van der Waals surface area contributed by atoms with Crippen LogP contribution < -0.4 is 10.6 Å². The fourth-order valence-electron chi connectivity index (χ4n) is 5.17. The Kier molecular flexibility index (Phi) is 7.50. The Bertz CT molecular complexity index is 1010. The minimum Gasteiger partial charge on any atom is -0.481 e. The molecule has 0 saturated heterocycles. The number of benzene rings is 2. The molecule has 2 aliphatic carbocycles. The van der Waals surface area contributed by atoms with E-state index in [1.54, 1.807) is 0 Å². The van der Waals surface area contributed by atoms with Gasteiger partial charge in [-0.1, -0.05) is 74.7 Å². The van der Waals surface area contributed by atoms with Crippen molar-refractivity contribution < 1.29 is 24.2 Å². The van der Waals surface area contributed by atoms with Crippen LogP contribution in [0.1, 0.15) is 62.5 Å². The van der Waals surface area contributed by atoms with E-state index in [0.29, 0.717) is 19.3 Å². The highest BCUT2D eigenvalue weighted by atomic mass is 16.5. The predicted octanol–water partition coefficient (Wildman–Crippen LogP) is 4.45. The first-order valence-corrected chi connectivity index (χ1v) is 12.1. The van der Waals surface area contributed by atoms with Gasteiger partial charge in [0.2, 0.25) is 5.91 Å². The van der Waals surface area contributed by atoms with E-state index in [1.165, 1.54) is 0 Å². The lowest BCUT2D eigenvalue weighted by Gasteiger charge is -2.23. The molecule has 0 radical (unpaired) electrons. The molecule has 3 atom stereocenters. The molecule has 0 aromatic heterocycles. The third-order valence-electron chi connectivity index (χ3n) is 6.96. The van der Waals surface area contributed by atoms with Crippen molar-refractivity contribution >= 4 is 18.0 Å². The topological polar surface area (TPSA) is 105 Å². The van der Waals surface area contributed by atoms with Crippen LogP contribution in [0.4, 0.5) is 4.79 Å². The van der Waals surface area contributed by atoms with Crippen LogP contribution >= 0.6 is 0 Å². The highest BCUT2D eigenvalue weighted by Gasteiger charge is 2.35. The molecule has 0 aliphatic heterocycles. The van der Waals surface area contributed by atoms with Crippen molar-refractivity contribution in [2.75, 3.05) is 6.61 Å². The molecule has 34 heavy (non-hydrogen) atoms. The summed E-state index contributed by atoms with van der Waals surface area (Å²) in [5.41, 5.74) is 4.55. The summed E-state index contributed by atoms with van der Waals surface area (Å²) in [5, 5.41) is 15.0. The molecule has 7 heteroatoms.